The van der Waals surface area contributed by atoms with Gasteiger partial charge in [0.2, 0.25) is 17.6 Å². The van der Waals surface area contributed by atoms with E-state index in [9.17, 15) is 9.50 Å². The molecular weight excluding hydrogens is 1290 g/mol. The Hall–Kier alpha value is -8.95. The molecule has 3 saturated carbocycles. The second-order valence-corrected chi connectivity index (χ2v) is 26.7. The molecule has 3 saturated heterocycles. The summed E-state index contributed by atoms with van der Waals surface area (Å²) in [6.45, 7) is 15.0. The maximum atomic E-state index is 14.1. The average Bonchev–Trinajstić information content (AvgIpc) is 0.817. The van der Waals surface area contributed by atoms with Crippen molar-refractivity contribution in [3.05, 3.63) is 127 Å². The summed E-state index contributed by atoms with van der Waals surface area (Å²) in [6, 6.07) is 19.0. The summed E-state index contributed by atoms with van der Waals surface area (Å²) < 4.78 is 55.3. The van der Waals surface area contributed by atoms with Crippen molar-refractivity contribution in [2.45, 2.75) is 140 Å². The van der Waals surface area contributed by atoms with Crippen LogP contribution in [0.1, 0.15) is 102 Å². The van der Waals surface area contributed by atoms with E-state index in [2.05, 4.69) is 122 Å². The first-order valence-electron chi connectivity index (χ1n) is 34.6. The quantitative estimate of drug-likeness (QED) is 0.0617. The van der Waals surface area contributed by atoms with E-state index >= 15 is 0 Å². The number of nitrogens with zero attached hydrogens (tertiary/aromatic N) is 14. The molecule has 0 radical (unpaired) electrons. The molecule has 15 rings (SSSR count). The maximum absolute atomic E-state index is 14.1. The number of aliphatic hydroxyl groups is 1. The van der Waals surface area contributed by atoms with Crippen LogP contribution in [0.15, 0.2) is 104 Å². The zero-order valence-electron chi connectivity index (χ0n) is 56.6. The fourth-order valence-corrected chi connectivity index (χ4v) is 13.6. The number of pyridine rings is 1. The topological polar surface area (TPSA) is 272 Å². The Morgan fingerprint density at radius 2 is 0.919 bits per heavy atom. The second kappa shape index (κ2) is 32.4. The van der Waals surface area contributed by atoms with E-state index in [4.69, 9.17) is 44.8 Å². The molecule has 6 fully saturated rings. The lowest BCUT2D eigenvalue weighted by atomic mass is 9.93. The zero-order valence-corrected chi connectivity index (χ0v) is 57.3. The number of hydrogen-bond acceptors (Lipinski definition) is 25. The predicted octanol–water partition coefficient (Wildman–Crippen LogP) is 11.1. The lowest BCUT2D eigenvalue weighted by molar-refractivity contribution is 0.0782. The van der Waals surface area contributed by atoms with E-state index in [1.54, 1.807) is 64.3 Å². The summed E-state index contributed by atoms with van der Waals surface area (Å²) in [5.74, 6) is 3.95. The monoisotopic (exact) mass is 1370 g/mol. The van der Waals surface area contributed by atoms with Crippen LogP contribution in [-0.4, -0.2) is 182 Å². The van der Waals surface area contributed by atoms with Crippen molar-refractivity contribution in [1.82, 2.24) is 54.8 Å². The Bertz CT molecular complexity index is 4130. The minimum Gasteiger partial charge on any atom is -0.488 e. The fourth-order valence-electron chi connectivity index (χ4n) is 13.5. The first-order valence-corrected chi connectivity index (χ1v) is 34.9. The van der Waals surface area contributed by atoms with Gasteiger partial charge in [-0.3, -0.25) is 15.0 Å². The highest BCUT2D eigenvalue weighted by Crippen LogP contribution is 2.38. The van der Waals surface area contributed by atoms with Gasteiger partial charge in [0.25, 0.3) is 0 Å². The Labute approximate surface area is 580 Å². The van der Waals surface area contributed by atoms with Crippen LogP contribution in [0.25, 0.3) is 33.1 Å². The molecule has 6 aromatic heterocycles. The van der Waals surface area contributed by atoms with Gasteiger partial charge in [0, 0.05) is 153 Å². The third kappa shape index (κ3) is 17.9. The van der Waals surface area contributed by atoms with Crippen LogP contribution in [0.4, 0.5) is 39.0 Å². The number of morpholine rings is 3. The highest BCUT2D eigenvalue weighted by atomic mass is 35.5. The van der Waals surface area contributed by atoms with Gasteiger partial charge >= 0.3 is 0 Å². The molecule has 4 N–H and O–H groups in total. The number of hydrogen-bond donors (Lipinski definition) is 4. The average molecular weight is 1370 g/mol. The number of nitrogens with one attached hydrogen (secondary N) is 3. The van der Waals surface area contributed by atoms with E-state index < -0.39 is 11.4 Å². The first kappa shape index (κ1) is 68.6. The summed E-state index contributed by atoms with van der Waals surface area (Å²) in [5, 5.41) is 20.1. The van der Waals surface area contributed by atoms with Crippen molar-refractivity contribution in [3.63, 3.8) is 0 Å². The van der Waals surface area contributed by atoms with E-state index in [-0.39, 0.29) is 35.3 Å². The van der Waals surface area contributed by atoms with E-state index in [1.165, 1.54) is 6.33 Å². The molecule has 9 heterocycles. The maximum Gasteiger partial charge on any atom is 0.226 e. The van der Waals surface area contributed by atoms with Crippen LogP contribution in [0, 0.1) is 12.7 Å². The Morgan fingerprint density at radius 1 is 0.505 bits per heavy atom. The molecule has 0 spiro atoms. The molecule has 0 unspecified atom stereocenters. The molecule has 27 heteroatoms. The third-order valence-corrected chi connectivity index (χ3v) is 19.1. The van der Waals surface area contributed by atoms with Crippen molar-refractivity contribution < 1.29 is 42.7 Å². The van der Waals surface area contributed by atoms with Gasteiger partial charge in [-0.15, -0.1) is 0 Å². The van der Waals surface area contributed by atoms with Gasteiger partial charge in [-0.05, 0) is 122 Å². The molecule has 0 amide bonds. The molecule has 3 aliphatic carbocycles. The van der Waals surface area contributed by atoms with Crippen LogP contribution in [0.5, 0.6) is 23.1 Å². The van der Waals surface area contributed by atoms with Gasteiger partial charge in [-0.25, -0.2) is 34.9 Å². The van der Waals surface area contributed by atoms with Crippen LogP contribution in [0.3, 0.4) is 0 Å². The second-order valence-electron chi connectivity index (χ2n) is 26.3. The highest BCUT2D eigenvalue weighted by molar-refractivity contribution is 6.29. The summed E-state index contributed by atoms with van der Waals surface area (Å²) >= 11 is 5.75. The summed E-state index contributed by atoms with van der Waals surface area (Å²) in [4.78, 5) is 55.1. The van der Waals surface area contributed by atoms with Gasteiger partial charge < -0.3 is 68.9 Å². The van der Waals surface area contributed by atoms with E-state index in [1.807, 2.05) is 25.1 Å². The van der Waals surface area contributed by atoms with Gasteiger partial charge in [0.1, 0.15) is 45.9 Å². The van der Waals surface area contributed by atoms with Crippen molar-refractivity contribution in [1.29, 1.82) is 0 Å². The lowest BCUT2D eigenvalue weighted by Crippen LogP contribution is -2.36. The van der Waals surface area contributed by atoms with Gasteiger partial charge in [0.05, 0.1) is 87.2 Å². The number of anilines is 6. The molecule has 6 aliphatic rings. The molecule has 522 valence electrons. The first-order chi connectivity index (χ1) is 48.3. The lowest BCUT2D eigenvalue weighted by Gasteiger charge is -2.31. The van der Waals surface area contributed by atoms with Crippen molar-refractivity contribution >= 4 is 79.3 Å². The van der Waals surface area contributed by atoms with E-state index in [0.717, 1.165) is 227 Å². The standard InChI is InChI=1S/C26H33N5O3.C24H30N6O3.C22H24ClFN6O2/c1-26(2,32)18-3-8-24(29-17-18)30-19-4-6-21(7-5-19)34-23-16-20(31-11-13-33-14-12-31)15-22-25(23)28-10-9-27-22;1-16-13-22(31-2)29-24(27-16)28-17-3-5-19(6-4-17)33-21-15-18(30-9-11-32-12-10-30)14-20-23(21)26-8-7-25-20;23-21-19(24)22(28-13-27-21)29-14-1-3-16(4-2-14)32-18-12-15(30-7-9-31-10-8-30)11-17-20(18)26-6-5-25-17/h3,8-10,15-17,19,21,32H,4-7,11-14H2,1-2H3,(H,29,30);7-8,13-15,17,19H,3-6,9-12H2,1-2H3,(H,27,28,29);5-6,11-14,16H,1-4,7-10H2,(H,27,28,29). The summed E-state index contributed by atoms with van der Waals surface area (Å²) in [7, 11) is 1.62. The summed E-state index contributed by atoms with van der Waals surface area (Å²) in [5.41, 5.74) is 9.04. The molecule has 25 nitrogen and oxygen atoms in total. The van der Waals surface area contributed by atoms with Crippen LogP contribution in [-0.2, 0) is 19.8 Å². The number of aryl methyl sites for hydroxylation is 1. The minimum atomic E-state index is -0.880. The number of methoxy groups -OCH3 is 1. The Kier molecular flexibility index (Phi) is 22.4. The molecular formula is C72H87ClFN17O8. The number of aromatic nitrogens is 11. The zero-order chi connectivity index (χ0) is 68.1. The molecule has 3 aliphatic heterocycles. The largest absolute Gasteiger partial charge is 0.488 e. The minimum absolute atomic E-state index is 0.0528. The number of halogens is 2. The number of rotatable bonds is 17. The van der Waals surface area contributed by atoms with Gasteiger partial charge in [0.15, 0.2) is 11.0 Å². The van der Waals surface area contributed by atoms with Crippen molar-refractivity contribution in [3.8, 4) is 23.1 Å². The molecule has 99 heavy (non-hydrogen) atoms. The number of ether oxygens (including phenoxy) is 7. The molecule has 0 bridgehead atoms. The van der Waals surface area contributed by atoms with Crippen molar-refractivity contribution in [2.75, 3.05) is 117 Å². The smallest absolute Gasteiger partial charge is 0.226 e. The highest BCUT2D eigenvalue weighted by Gasteiger charge is 2.30. The van der Waals surface area contributed by atoms with Crippen LogP contribution >= 0.6 is 11.6 Å². The number of benzene rings is 3. The van der Waals surface area contributed by atoms with Gasteiger partial charge in [-0.2, -0.15) is 9.37 Å². The molecule has 9 aromatic rings. The SMILES string of the molecule is CC(C)(O)c1ccc(NC2CCC(Oc3cc(N4CCOCC4)cc4nccnc34)CC2)nc1.COc1cc(C)nc(NC2CCC(Oc3cc(N4CCOCC4)cc4nccnc34)CC2)n1.Fc1c(Cl)ncnc1NC1CCC(Oc2cc(N3CCOCC3)cc3nccnc23)CC1. The summed E-state index contributed by atoms with van der Waals surface area (Å²) in [6.07, 6.45) is 24.8. The molecule has 3 aromatic carbocycles. The van der Waals surface area contributed by atoms with Crippen LogP contribution in [0.2, 0.25) is 5.15 Å². The Balaban J connectivity index is 0.000000133. The third-order valence-electron chi connectivity index (χ3n) is 18.9. The normalized spacial score (nSPS) is 21.3. The van der Waals surface area contributed by atoms with E-state index in [0.29, 0.717) is 37.1 Å². The van der Waals surface area contributed by atoms with Gasteiger partial charge in [-0.1, -0.05) is 17.7 Å². The van der Waals surface area contributed by atoms with Crippen molar-refractivity contribution in [2.24, 2.45) is 0 Å². The molecule has 0 atom stereocenters. The van der Waals surface area contributed by atoms with Crippen LogP contribution < -0.4 is 49.6 Å². The predicted molar refractivity (Wildman–Crippen MR) is 378 cm³/mol. The fraction of sp³-hybridized carbons (Fsp3) is 0.486. The number of fused-ring (bicyclic) bond motifs is 3. The Morgan fingerprint density at radius 3 is 1.32 bits per heavy atom.